The standard InChI is InChI=1S/C23H27N3O5S/c27-16-9-4-8-15(12-16)20(28)17-13-32-21(24-17)18-10-5-11-26(18)22(29)19(25-23(30)31)14-6-2-1-3-7-14/h4,8-9,12-14,18-19,25,27H,1-3,5-7,10-11H2,(H,30,31)/t18-,19?/m0/s1. The number of rotatable bonds is 6. The van der Waals surface area contributed by atoms with E-state index in [-0.39, 0.29) is 35.1 Å². The average Bonchev–Trinajstić information content (AvgIpc) is 3.46. The van der Waals surface area contributed by atoms with Crippen LogP contribution in [0.3, 0.4) is 0 Å². The second kappa shape index (κ2) is 9.68. The number of benzene rings is 1. The van der Waals surface area contributed by atoms with Gasteiger partial charge in [0.1, 0.15) is 22.5 Å². The molecule has 1 saturated carbocycles. The first-order chi connectivity index (χ1) is 15.4. The average molecular weight is 458 g/mol. The van der Waals surface area contributed by atoms with Crippen molar-refractivity contribution in [2.75, 3.05) is 6.54 Å². The summed E-state index contributed by atoms with van der Waals surface area (Å²) in [5.74, 6) is -0.462. The van der Waals surface area contributed by atoms with Crippen molar-refractivity contribution in [1.29, 1.82) is 0 Å². The molecule has 1 aliphatic carbocycles. The lowest BCUT2D eigenvalue weighted by molar-refractivity contribution is -0.136. The molecule has 32 heavy (non-hydrogen) atoms. The minimum atomic E-state index is -1.18. The van der Waals surface area contributed by atoms with Gasteiger partial charge in [-0.2, -0.15) is 0 Å². The number of ketones is 1. The molecule has 0 bridgehead atoms. The van der Waals surface area contributed by atoms with Crippen LogP contribution in [0.25, 0.3) is 0 Å². The molecule has 3 N–H and O–H groups in total. The molecule has 1 aromatic carbocycles. The molecular formula is C23H27N3O5S. The summed E-state index contributed by atoms with van der Waals surface area (Å²) in [5.41, 5.74) is 0.631. The van der Waals surface area contributed by atoms with Crippen molar-refractivity contribution in [3.8, 4) is 5.75 Å². The maximum atomic E-state index is 13.4. The third-order valence-corrected chi connectivity index (χ3v) is 7.30. The van der Waals surface area contributed by atoms with Crippen molar-refractivity contribution in [2.45, 2.75) is 57.0 Å². The van der Waals surface area contributed by atoms with E-state index in [2.05, 4.69) is 10.3 Å². The van der Waals surface area contributed by atoms with Gasteiger partial charge < -0.3 is 20.4 Å². The number of carboxylic acid groups (broad SMARTS) is 1. The van der Waals surface area contributed by atoms with E-state index in [9.17, 15) is 24.6 Å². The Bertz CT molecular complexity index is 1000. The first-order valence-electron chi connectivity index (χ1n) is 11.0. The number of carbonyl (C=O) groups excluding carboxylic acids is 2. The Labute approximate surface area is 190 Å². The first kappa shape index (κ1) is 22.3. The quantitative estimate of drug-likeness (QED) is 0.565. The normalized spacial score (nSPS) is 20.1. The Hall–Kier alpha value is -2.94. The SMILES string of the molecule is O=C(O)NC(C(=O)N1CCC[C@H]1c1nc(C(=O)c2cccc(O)c2)cs1)C1CCCCC1. The van der Waals surface area contributed by atoms with E-state index in [0.717, 1.165) is 44.9 Å². The maximum Gasteiger partial charge on any atom is 0.405 e. The highest BCUT2D eigenvalue weighted by atomic mass is 32.1. The summed E-state index contributed by atoms with van der Waals surface area (Å²) in [6.07, 6.45) is 5.16. The lowest BCUT2D eigenvalue weighted by atomic mass is 9.83. The molecule has 1 unspecified atom stereocenters. The molecule has 1 saturated heterocycles. The summed E-state index contributed by atoms with van der Waals surface area (Å²) in [5, 5.41) is 23.8. The predicted octanol–water partition coefficient (Wildman–Crippen LogP) is 3.96. The summed E-state index contributed by atoms with van der Waals surface area (Å²) in [6, 6.07) is 5.12. The van der Waals surface area contributed by atoms with Crippen molar-refractivity contribution < 1.29 is 24.6 Å². The van der Waals surface area contributed by atoms with Gasteiger partial charge in [-0.3, -0.25) is 9.59 Å². The lowest BCUT2D eigenvalue weighted by Crippen LogP contribution is -2.52. The summed E-state index contributed by atoms with van der Waals surface area (Å²) in [4.78, 5) is 43.9. The molecule has 2 amide bonds. The third-order valence-electron chi connectivity index (χ3n) is 6.35. The smallest absolute Gasteiger partial charge is 0.405 e. The number of phenolic OH excluding ortho intramolecular Hbond substituents is 1. The predicted molar refractivity (Wildman–Crippen MR) is 119 cm³/mol. The van der Waals surface area contributed by atoms with Gasteiger partial charge in [0.05, 0.1) is 6.04 Å². The molecule has 4 rings (SSSR count). The Morgan fingerprint density at radius 2 is 1.91 bits per heavy atom. The van der Waals surface area contributed by atoms with Gasteiger partial charge in [0.15, 0.2) is 0 Å². The highest BCUT2D eigenvalue weighted by Crippen LogP contribution is 2.36. The molecular weight excluding hydrogens is 430 g/mol. The number of phenols is 1. The Morgan fingerprint density at radius 3 is 2.62 bits per heavy atom. The van der Waals surface area contributed by atoms with Crippen molar-refractivity contribution in [1.82, 2.24) is 15.2 Å². The number of hydrogen-bond acceptors (Lipinski definition) is 6. The number of thiazole rings is 1. The second-order valence-electron chi connectivity index (χ2n) is 8.47. The van der Waals surface area contributed by atoms with Crippen molar-refractivity contribution >= 4 is 29.1 Å². The molecule has 1 aromatic heterocycles. The lowest BCUT2D eigenvalue weighted by Gasteiger charge is -2.33. The largest absolute Gasteiger partial charge is 0.508 e. The molecule has 2 fully saturated rings. The van der Waals surface area contributed by atoms with Crippen LogP contribution in [0.1, 0.15) is 72.0 Å². The fourth-order valence-electron chi connectivity index (χ4n) is 4.79. The third kappa shape index (κ3) is 4.77. The molecule has 9 heteroatoms. The van der Waals surface area contributed by atoms with Crippen LogP contribution >= 0.6 is 11.3 Å². The number of carbonyl (C=O) groups is 3. The Morgan fingerprint density at radius 1 is 1.12 bits per heavy atom. The molecule has 0 radical (unpaired) electrons. The van der Waals surface area contributed by atoms with Crippen LogP contribution in [0.2, 0.25) is 0 Å². The van der Waals surface area contributed by atoms with Gasteiger partial charge >= 0.3 is 6.09 Å². The maximum absolute atomic E-state index is 13.4. The second-order valence-corrected chi connectivity index (χ2v) is 9.36. The minimum Gasteiger partial charge on any atom is -0.508 e. The highest BCUT2D eigenvalue weighted by molar-refractivity contribution is 7.10. The Balaban J connectivity index is 1.53. The summed E-state index contributed by atoms with van der Waals surface area (Å²) in [6.45, 7) is 0.545. The van der Waals surface area contributed by atoms with Crippen LogP contribution in [0.5, 0.6) is 5.75 Å². The molecule has 0 spiro atoms. The fourth-order valence-corrected chi connectivity index (χ4v) is 5.73. The van der Waals surface area contributed by atoms with Crippen LogP contribution < -0.4 is 5.32 Å². The van der Waals surface area contributed by atoms with E-state index in [4.69, 9.17) is 0 Å². The zero-order valence-corrected chi connectivity index (χ0v) is 18.5. The van der Waals surface area contributed by atoms with Crippen LogP contribution in [-0.4, -0.2) is 50.5 Å². The first-order valence-corrected chi connectivity index (χ1v) is 11.9. The Kier molecular flexibility index (Phi) is 6.74. The van der Waals surface area contributed by atoms with Crippen LogP contribution in [0.15, 0.2) is 29.6 Å². The van der Waals surface area contributed by atoms with Crippen molar-refractivity contribution in [3.05, 3.63) is 45.9 Å². The summed E-state index contributed by atoms with van der Waals surface area (Å²) in [7, 11) is 0. The van der Waals surface area contributed by atoms with Crippen LogP contribution in [-0.2, 0) is 4.79 Å². The zero-order valence-electron chi connectivity index (χ0n) is 17.7. The van der Waals surface area contributed by atoms with E-state index in [1.54, 1.807) is 22.4 Å². The van der Waals surface area contributed by atoms with Gasteiger partial charge in [-0.15, -0.1) is 11.3 Å². The van der Waals surface area contributed by atoms with Gasteiger partial charge in [-0.1, -0.05) is 31.4 Å². The van der Waals surface area contributed by atoms with Gasteiger partial charge in [-0.25, -0.2) is 9.78 Å². The molecule has 2 aliphatic rings. The fraction of sp³-hybridized carbons (Fsp3) is 0.478. The van der Waals surface area contributed by atoms with E-state index >= 15 is 0 Å². The van der Waals surface area contributed by atoms with Gasteiger partial charge in [-0.05, 0) is 43.7 Å². The minimum absolute atomic E-state index is 0.00721. The van der Waals surface area contributed by atoms with Gasteiger partial charge in [0.25, 0.3) is 0 Å². The number of amides is 2. The number of aromatic nitrogens is 1. The zero-order chi connectivity index (χ0) is 22.7. The van der Waals surface area contributed by atoms with E-state index in [1.165, 1.54) is 23.5 Å². The van der Waals surface area contributed by atoms with Crippen LogP contribution in [0, 0.1) is 5.92 Å². The number of hydrogen-bond donors (Lipinski definition) is 3. The highest BCUT2D eigenvalue weighted by Gasteiger charge is 2.39. The van der Waals surface area contributed by atoms with E-state index < -0.39 is 12.1 Å². The number of nitrogens with zero attached hydrogens (tertiary/aromatic N) is 2. The van der Waals surface area contributed by atoms with Crippen molar-refractivity contribution in [3.63, 3.8) is 0 Å². The topological polar surface area (TPSA) is 120 Å². The molecule has 170 valence electrons. The monoisotopic (exact) mass is 457 g/mol. The van der Waals surface area contributed by atoms with Gasteiger partial charge in [0, 0.05) is 17.5 Å². The number of likely N-dealkylation sites (tertiary alicyclic amines) is 1. The number of aromatic hydroxyl groups is 1. The summed E-state index contributed by atoms with van der Waals surface area (Å²) >= 11 is 1.33. The molecule has 2 aromatic rings. The van der Waals surface area contributed by atoms with Crippen molar-refractivity contribution in [2.24, 2.45) is 5.92 Å². The number of nitrogens with one attached hydrogen (secondary N) is 1. The molecule has 2 heterocycles. The van der Waals surface area contributed by atoms with E-state index in [1.807, 2.05) is 0 Å². The summed E-state index contributed by atoms with van der Waals surface area (Å²) < 4.78 is 0. The molecule has 8 nitrogen and oxygen atoms in total. The van der Waals surface area contributed by atoms with Gasteiger partial charge in [0.2, 0.25) is 11.7 Å². The van der Waals surface area contributed by atoms with Crippen LogP contribution in [0.4, 0.5) is 4.79 Å². The molecule has 1 aliphatic heterocycles. The van der Waals surface area contributed by atoms with E-state index in [0.29, 0.717) is 17.1 Å². The molecule has 2 atom stereocenters.